The molecule has 0 bridgehead atoms. The van der Waals surface area contributed by atoms with Crippen LogP contribution in [-0.2, 0) is 9.47 Å². The van der Waals surface area contributed by atoms with Crippen molar-refractivity contribution in [2.45, 2.75) is 51.6 Å². The van der Waals surface area contributed by atoms with Crippen LogP contribution in [0.3, 0.4) is 0 Å². The lowest BCUT2D eigenvalue weighted by Gasteiger charge is -2.43. The molecule has 0 aromatic carbocycles. The summed E-state index contributed by atoms with van der Waals surface area (Å²) in [6.07, 6.45) is 4.82. The van der Waals surface area contributed by atoms with Gasteiger partial charge in [-0.2, -0.15) is 0 Å². The molecule has 0 spiro atoms. The molecule has 2 heterocycles. The van der Waals surface area contributed by atoms with Crippen LogP contribution in [0.2, 0.25) is 0 Å². The van der Waals surface area contributed by atoms with Gasteiger partial charge >= 0.3 is 0 Å². The Hall–Kier alpha value is -0.160. The zero-order valence-corrected chi connectivity index (χ0v) is 13.5. The van der Waals surface area contributed by atoms with E-state index in [1.807, 2.05) is 0 Å². The fourth-order valence-electron chi connectivity index (χ4n) is 3.43. The van der Waals surface area contributed by atoms with Gasteiger partial charge in [-0.25, -0.2) is 0 Å². The van der Waals surface area contributed by atoms with E-state index in [0.29, 0.717) is 12.1 Å². The third kappa shape index (κ3) is 4.69. The zero-order chi connectivity index (χ0) is 14.4. The number of nitrogens with zero attached hydrogens (tertiary/aromatic N) is 1. The van der Waals surface area contributed by atoms with Crippen molar-refractivity contribution in [1.82, 2.24) is 10.2 Å². The first kappa shape index (κ1) is 16.2. The molecular weight excluding hydrogens is 252 g/mol. The highest BCUT2D eigenvalue weighted by atomic mass is 16.5. The summed E-state index contributed by atoms with van der Waals surface area (Å²) in [7, 11) is 2.28. The zero-order valence-electron chi connectivity index (χ0n) is 13.5. The lowest BCUT2D eigenvalue weighted by molar-refractivity contribution is -0.0391. The predicted molar refractivity (Wildman–Crippen MR) is 82.1 cm³/mol. The topological polar surface area (TPSA) is 33.7 Å². The van der Waals surface area contributed by atoms with Crippen LogP contribution in [0, 0.1) is 5.41 Å². The van der Waals surface area contributed by atoms with Crippen molar-refractivity contribution in [1.29, 1.82) is 0 Å². The van der Waals surface area contributed by atoms with E-state index in [4.69, 9.17) is 9.47 Å². The molecule has 2 aliphatic heterocycles. The molecule has 118 valence electrons. The molecule has 2 fully saturated rings. The molecule has 0 aliphatic carbocycles. The van der Waals surface area contributed by atoms with Gasteiger partial charge in [0.05, 0.1) is 6.61 Å². The van der Waals surface area contributed by atoms with Gasteiger partial charge in [-0.05, 0) is 32.7 Å². The van der Waals surface area contributed by atoms with Gasteiger partial charge in [0.2, 0.25) is 0 Å². The van der Waals surface area contributed by atoms with Crippen LogP contribution in [0.4, 0.5) is 0 Å². The first-order valence-electron chi connectivity index (χ1n) is 8.20. The van der Waals surface area contributed by atoms with E-state index < -0.39 is 0 Å². The van der Waals surface area contributed by atoms with Crippen LogP contribution in [0.5, 0.6) is 0 Å². The van der Waals surface area contributed by atoms with Crippen LogP contribution in [0.25, 0.3) is 0 Å². The van der Waals surface area contributed by atoms with E-state index in [1.165, 1.54) is 25.7 Å². The van der Waals surface area contributed by atoms with Crippen LogP contribution in [0.15, 0.2) is 0 Å². The van der Waals surface area contributed by atoms with Crippen molar-refractivity contribution in [2.24, 2.45) is 5.41 Å². The highest BCUT2D eigenvalue weighted by Crippen LogP contribution is 2.30. The molecule has 1 unspecified atom stereocenters. The Morgan fingerprint density at radius 1 is 1.20 bits per heavy atom. The largest absolute Gasteiger partial charge is 0.381 e. The lowest BCUT2D eigenvalue weighted by atomic mass is 9.81. The number of rotatable bonds is 6. The third-order valence-corrected chi connectivity index (χ3v) is 4.69. The molecule has 20 heavy (non-hydrogen) atoms. The summed E-state index contributed by atoms with van der Waals surface area (Å²) >= 11 is 0. The van der Waals surface area contributed by atoms with Gasteiger partial charge in [0.15, 0.2) is 0 Å². The van der Waals surface area contributed by atoms with E-state index in [-0.39, 0.29) is 5.41 Å². The summed E-state index contributed by atoms with van der Waals surface area (Å²) in [5.41, 5.74) is 0.287. The molecule has 4 heteroatoms. The van der Waals surface area contributed by atoms with Crippen LogP contribution >= 0.6 is 0 Å². The van der Waals surface area contributed by atoms with E-state index in [1.54, 1.807) is 0 Å². The quantitative estimate of drug-likeness (QED) is 0.807. The van der Waals surface area contributed by atoms with Gasteiger partial charge < -0.3 is 19.7 Å². The van der Waals surface area contributed by atoms with Gasteiger partial charge in [0.25, 0.3) is 0 Å². The molecule has 0 radical (unpaired) electrons. The molecule has 1 N–H and O–H groups in total. The van der Waals surface area contributed by atoms with Crippen LogP contribution < -0.4 is 5.32 Å². The Balaban J connectivity index is 1.91. The Bertz CT molecular complexity index is 272. The number of hydrogen-bond acceptors (Lipinski definition) is 4. The van der Waals surface area contributed by atoms with Crippen molar-refractivity contribution in [3.05, 3.63) is 0 Å². The van der Waals surface area contributed by atoms with Crippen molar-refractivity contribution in [3.63, 3.8) is 0 Å². The minimum atomic E-state index is 0.287. The summed E-state index contributed by atoms with van der Waals surface area (Å²) < 4.78 is 11.3. The SMILES string of the molecule is CC(C)NCC1(CN(C)C2CCOCC2)CCCOC1. The summed E-state index contributed by atoms with van der Waals surface area (Å²) in [4.78, 5) is 2.55. The third-order valence-electron chi connectivity index (χ3n) is 4.69. The number of nitrogens with one attached hydrogen (secondary N) is 1. The van der Waals surface area contributed by atoms with E-state index in [2.05, 4.69) is 31.1 Å². The molecule has 0 aromatic heterocycles. The van der Waals surface area contributed by atoms with Crippen molar-refractivity contribution >= 4 is 0 Å². The molecular formula is C16H32N2O2. The molecule has 4 nitrogen and oxygen atoms in total. The Labute approximate surface area is 124 Å². The maximum Gasteiger partial charge on any atom is 0.0546 e. The average molecular weight is 284 g/mol. The molecule has 1 atom stereocenters. The second-order valence-electron chi connectivity index (χ2n) is 6.95. The number of ether oxygens (including phenoxy) is 2. The Morgan fingerprint density at radius 2 is 1.95 bits per heavy atom. The first-order valence-corrected chi connectivity index (χ1v) is 8.20. The van der Waals surface area contributed by atoms with Crippen LogP contribution in [0.1, 0.15) is 39.5 Å². The van der Waals surface area contributed by atoms with Gasteiger partial charge in [-0.1, -0.05) is 13.8 Å². The molecule has 0 saturated carbocycles. The highest BCUT2D eigenvalue weighted by Gasteiger charge is 2.35. The van der Waals surface area contributed by atoms with Crippen molar-refractivity contribution in [2.75, 3.05) is 46.6 Å². The van der Waals surface area contributed by atoms with Gasteiger partial charge in [-0.15, -0.1) is 0 Å². The highest BCUT2D eigenvalue weighted by molar-refractivity contribution is 4.89. The predicted octanol–water partition coefficient (Wildman–Crippen LogP) is 1.89. The number of hydrogen-bond donors (Lipinski definition) is 1. The lowest BCUT2D eigenvalue weighted by Crippen LogP contribution is -2.51. The standard InChI is InChI=1S/C16H32N2O2/c1-14(2)17-11-16(7-4-8-20-13-16)12-18(3)15-5-9-19-10-6-15/h14-15,17H,4-13H2,1-3H3. The average Bonchev–Trinajstić information content (AvgIpc) is 2.47. The van der Waals surface area contributed by atoms with Crippen molar-refractivity contribution in [3.8, 4) is 0 Å². The van der Waals surface area contributed by atoms with Gasteiger partial charge in [-0.3, -0.25) is 0 Å². The molecule has 2 rings (SSSR count). The maximum atomic E-state index is 5.81. The smallest absolute Gasteiger partial charge is 0.0546 e. The Morgan fingerprint density at radius 3 is 2.55 bits per heavy atom. The summed E-state index contributed by atoms with van der Waals surface area (Å²) in [6, 6.07) is 1.23. The normalized spacial score (nSPS) is 29.2. The van der Waals surface area contributed by atoms with E-state index in [9.17, 15) is 0 Å². The summed E-state index contributed by atoms with van der Waals surface area (Å²) in [5, 5.41) is 3.63. The minimum Gasteiger partial charge on any atom is -0.381 e. The first-order chi connectivity index (χ1) is 9.61. The monoisotopic (exact) mass is 284 g/mol. The minimum absolute atomic E-state index is 0.287. The molecule has 0 aromatic rings. The molecule has 2 saturated heterocycles. The van der Waals surface area contributed by atoms with Crippen LogP contribution in [-0.4, -0.2) is 63.5 Å². The molecule has 0 amide bonds. The maximum absolute atomic E-state index is 5.81. The van der Waals surface area contributed by atoms with Gasteiger partial charge in [0, 0.05) is 50.4 Å². The fourth-order valence-corrected chi connectivity index (χ4v) is 3.43. The second kappa shape index (κ2) is 7.74. The van der Waals surface area contributed by atoms with Crippen molar-refractivity contribution < 1.29 is 9.47 Å². The second-order valence-corrected chi connectivity index (χ2v) is 6.95. The Kier molecular flexibility index (Phi) is 6.27. The van der Waals surface area contributed by atoms with E-state index >= 15 is 0 Å². The fraction of sp³-hybridized carbons (Fsp3) is 1.00. The summed E-state index contributed by atoms with van der Waals surface area (Å²) in [6.45, 7) is 10.3. The molecule has 2 aliphatic rings. The summed E-state index contributed by atoms with van der Waals surface area (Å²) in [5.74, 6) is 0. The van der Waals surface area contributed by atoms with E-state index in [0.717, 1.165) is 39.5 Å². The van der Waals surface area contributed by atoms with Gasteiger partial charge in [0.1, 0.15) is 0 Å².